The molecule has 0 aromatic carbocycles. The Balaban J connectivity index is 2.59. The van der Waals surface area contributed by atoms with E-state index in [4.69, 9.17) is 4.74 Å². The number of amides is 1. The lowest BCUT2D eigenvalue weighted by Crippen LogP contribution is -2.38. The number of carbonyl (C=O) groups is 2. The van der Waals surface area contributed by atoms with Crippen molar-refractivity contribution in [3.63, 3.8) is 0 Å². The van der Waals surface area contributed by atoms with E-state index in [9.17, 15) is 9.59 Å². The van der Waals surface area contributed by atoms with Crippen LogP contribution in [0.1, 0.15) is 40.5 Å². The Morgan fingerprint density at radius 1 is 1.44 bits per heavy atom. The number of rotatable bonds is 0. The largest absolute Gasteiger partial charge is 0.444 e. The van der Waals surface area contributed by atoms with Crippen molar-refractivity contribution < 1.29 is 14.3 Å². The number of hydrogen-bond donors (Lipinski definition) is 0. The zero-order valence-corrected chi connectivity index (χ0v) is 10.6. The highest BCUT2D eigenvalue weighted by molar-refractivity contribution is 5.80. The molecule has 0 aliphatic carbocycles. The van der Waals surface area contributed by atoms with Crippen LogP contribution in [0.2, 0.25) is 0 Å². The third-order valence-corrected chi connectivity index (χ3v) is 2.42. The summed E-state index contributed by atoms with van der Waals surface area (Å²) in [5, 5.41) is 0. The average Bonchev–Trinajstić information content (AvgIpc) is 2.23. The van der Waals surface area contributed by atoms with Crippen LogP contribution >= 0.6 is 0 Å². The van der Waals surface area contributed by atoms with Gasteiger partial charge < -0.3 is 9.64 Å². The first-order chi connectivity index (χ1) is 7.28. The summed E-state index contributed by atoms with van der Waals surface area (Å²) in [7, 11) is 0. The van der Waals surface area contributed by atoms with Crippen molar-refractivity contribution in [3.05, 3.63) is 0 Å². The maximum atomic E-state index is 11.8. The van der Waals surface area contributed by atoms with E-state index in [-0.39, 0.29) is 17.8 Å². The van der Waals surface area contributed by atoms with Gasteiger partial charge in [-0.2, -0.15) is 0 Å². The minimum absolute atomic E-state index is 0.225. The Morgan fingerprint density at radius 3 is 2.62 bits per heavy atom. The molecule has 0 spiro atoms. The van der Waals surface area contributed by atoms with Crippen LogP contribution in [0.3, 0.4) is 0 Å². The summed E-state index contributed by atoms with van der Waals surface area (Å²) >= 11 is 0. The van der Waals surface area contributed by atoms with Crippen molar-refractivity contribution in [1.82, 2.24) is 4.90 Å². The van der Waals surface area contributed by atoms with Gasteiger partial charge in [0.2, 0.25) is 0 Å². The van der Waals surface area contributed by atoms with E-state index in [2.05, 4.69) is 0 Å². The highest BCUT2D eigenvalue weighted by atomic mass is 16.6. The molecule has 0 saturated carbocycles. The molecule has 1 saturated heterocycles. The number of nitrogens with zero attached hydrogens (tertiary/aromatic N) is 1. The molecule has 0 aromatic rings. The number of ketones is 1. The summed E-state index contributed by atoms with van der Waals surface area (Å²) < 4.78 is 5.29. The SMILES string of the molecule is CC1CC(=O)CCN(C(=O)OC(C)(C)C)C1. The standard InChI is InChI=1S/C12H21NO3/c1-9-7-10(14)5-6-13(8-9)11(15)16-12(2,3)4/h9H,5-8H2,1-4H3. The van der Waals surface area contributed by atoms with Crippen LogP contribution in [-0.2, 0) is 9.53 Å². The van der Waals surface area contributed by atoms with Crippen LogP contribution in [0.4, 0.5) is 4.79 Å². The third-order valence-electron chi connectivity index (χ3n) is 2.42. The Bertz CT molecular complexity index is 280. The van der Waals surface area contributed by atoms with Crippen molar-refractivity contribution in [2.75, 3.05) is 13.1 Å². The molecule has 1 amide bonds. The minimum Gasteiger partial charge on any atom is -0.444 e. The average molecular weight is 227 g/mol. The molecule has 1 rings (SSSR count). The van der Waals surface area contributed by atoms with Gasteiger partial charge in [0, 0.05) is 25.9 Å². The van der Waals surface area contributed by atoms with Crippen LogP contribution in [0.5, 0.6) is 0 Å². The highest BCUT2D eigenvalue weighted by Crippen LogP contribution is 2.16. The highest BCUT2D eigenvalue weighted by Gasteiger charge is 2.26. The lowest BCUT2D eigenvalue weighted by atomic mass is 10.1. The molecule has 4 nitrogen and oxygen atoms in total. The fraction of sp³-hybridized carbons (Fsp3) is 0.833. The molecule has 1 unspecified atom stereocenters. The van der Waals surface area contributed by atoms with Gasteiger partial charge in [-0.1, -0.05) is 6.92 Å². The zero-order valence-electron chi connectivity index (χ0n) is 10.6. The van der Waals surface area contributed by atoms with Gasteiger partial charge in [-0.25, -0.2) is 4.79 Å². The first kappa shape index (κ1) is 13.0. The molecule has 1 atom stereocenters. The minimum atomic E-state index is -0.476. The van der Waals surface area contributed by atoms with E-state index in [0.29, 0.717) is 25.9 Å². The monoisotopic (exact) mass is 227 g/mol. The van der Waals surface area contributed by atoms with E-state index >= 15 is 0 Å². The quantitative estimate of drug-likeness (QED) is 0.637. The van der Waals surface area contributed by atoms with Crippen LogP contribution in [0, 0.1) is 5.92 Å². The Morgan fingerprint density at radius 2 is 2.06 bits per heavy atom. The molecular weight excluding hydrogens is 206 g/mol. The van der Waals surface area contributed by atoms with Crippen molar-refractivity contribution >= 4 is 11.9 Å². The molecule has 1 fully saturated rings. The maximum Gasteiger partial charge on any atom is 0.410 e. The fourth-order valence-corrected chi connectivity index (χ4v) is 1.77. The van der Waals surface area contributed by atoms with E-state index in [0.717, 1.165) is 0 Å². The number of ether oxygens (including phenoxy) is 1. The molecule has 16 heavy (non-hydrogen) atoms. The molecule has 1 aliphatic heterocycles. The second kappa shape index (κ2) is 4.85. The first-order valence-electron chi connectivity index (χ1n) is 5.77. The molecule has 1 heterocycles. The first-order valence-corrected chi connectivity index (χ1v) is 5.77. The van der Waals surface area contributed by atoms with E-state index in [1.165, 1.54) is 0 Å². The summed E-state index contributed by atoms with van der Waals surface area (Å²) in [4.78, 5) is 24.8. The third kappa shape index (κ3) is 4.21. The summed E-state index contributed by atoms with van der Waals surface area (Å²) in [6.07, 6.45) is 0.706. The summed E-state index contributed by atoms with van der Waals surface area (Å²) in [6, 6.07) is 0. The van der Waals surface area contributed by atoms with Gasteiger partial charge in [0.05, 0.1) is 0 Å². The van der Waals surface area contributed by atoms with E-state index < -0.39 is 5.60 Å². The Labute approximate surface area is 96.9 Å². The van der Waals surface area contributed by atoms with E-state index in [1.54, 1.807) is 4.90 Å². The normalized spacial score (nSPS) is 22.9. The summed E-state index contributed by atoms with van der Waals surface area (Å²) in [6.45, 7) is 8.62. The van der Waals surface area contributed by atoms with Crippen molar-refractivity contribution in [1.29, 1.82) is 0 Å². The van der Waals surface area contributed by atoms with Crippen LogP contribution < -0.4 is 0 Å². The van der Waals surface area contributed by atoms with Crippen LogP contribution in [-0.4, -0.2) is 35.5 Å². The van der Waals surface area contributed by atoms with Gasteiger partial charge in [0.15, 0.2) is 0 Å². The zero-order chi connectivity index (χ0) is 12.3. The predicted molar refractivity (Wildman–Crippen MR) is 61.2 cm³/mol. The topological polar surface area (TPSA) is 46.6 Å². The second-order valence-electron chi connectivity index (χ2n) is 5.52. The molecule has 0 N–H and O–H groups in total. The Hall–Kier alpha value is -1.06. The van der Waals surface area contributed by atoms with Crippen molar-refractivity contribution in [3.8, 4) is 0 Å². The summed E-state index contributed by atoms with van der Waals surface area (Å²) in [5.74, 6) is 0.459. The number of Topliss-reactive ketones (excluding diaryl/α,β-unsaturated/α-hetero) is 1. The van der Waals surface area contributed by atoms with Crippen molar-refractivity contribution in [2.45, 2.75) is 46.1 Å². The van der Waals surface area contributed by atoms with Crippen LogP contribution in [0.25, 0.3) is 0 Å². The molecule has 0 aromatic heterocycles. The molecule has 4 heteroatoms. The van der Waals surface area contributed by atoms with Gasteiger partial charge in [-0.3, -0.25) is 4.79 Å². The van der Waals surface area contributed by atoms with Gasteiger partial charge in [-0.05, 0) is 26.7 Å². The Kier molecular flexibility index (Phi) is 3.94. The number of carbonyl (C=O) groups excluding carboxylic acids is 2. The molecule has 92 valence electrons. The van der Waals surface area contributed by atoms with Crippen LogP contribution in [0.15, 0.2) is 0 Å². The van der Waals surface area contributed by atoms with Gasteiger partial charge in [0.1, 0.15) is 11.4 Å². The maximum absolute atomic E-state index is 11.8. The summed E-state index contributed by atoms with van der Waals surface area (Å²) in [5.41, 5.74) is -0.476. The lowest BCUT2D eigenvalue weighted by molar-refractivity contribution is -0.119. The second-order valence-corrected chi connectivity index (χ2v) is 5.52. The smallest absolute Gasteiger partial charge is 0.410 e. The van der Waals surface area contributed by atoms with Gasteiger partial charge in [0.25, 0.3) is 0 Å². The van der Waals surface area contributed by atoms with Crippen molar-refractivity contribution in [2.24, 2.45) is 5.92 Å². The van der Waals surface area contributed by atoms with Gasteiger partial charge >= 0.3 is 6.09 Å². The molecule has 1 aliphatic rings. The predicted octanol–water partition coefficient (Wildman–Crippen LogP) is 2.22. The number of hydrogen-bond acceptors (Lipinski definition) is 3. The molecule has 0 radical (unpaired) electrons. The van der Waals surface area contributed by atoms with E-state index in [1.807, 2.05) is 27.7 Å². The molecule has 0 bridgehead atoms. The van der Waals surface area contributed by atoms with Gasteiger partial charge in [-0.15, -0.1) is 0 Å². The lowest BCUT2D eigenvalue weighted by Gasteiger charge is -2.27. The molecular formula is C12H21NO3. The fourth-order valence-electron chi connectivity index (χ4n) is 1.77. The number of likely N-dealkylation sites (tertiary alicyclic amines) is 1.